The van der Waals surface area contributed by atoms with E-state index in [1.54, 1.807) is 40.8 Å². The average Bonchev–Trinajstić information content (AvgIpc) is 3.43. The Bertz CT molecular complexity index is 2080. The zero-order valence-corrected chi connectivity index (χ0v) is 29.4. The molecule has 9 nitrogen and oxygen atoms in total. The molecule has 5 aromatic rings. The summed E-state index contributed by atoms with van der Waals surface area (Å²) in [6.07, 6.45) is -7.81. The minimum Gasteiger partial charge on any atom is -0.484 e. The third kappa shape index (κ3) is 9.72. The van der Waals surface area contributed by atoms with Crippen LogP contribution < -0.4 is 14.8 Å². The molecular formula is C36H31Cl2F6N5O4. The van der Waals surface area contributed by atoms with E-state index in [-0.39, 0.29) is 41.2 Å². The summed E-state index contributed by atoms with van der Waals surface area (Å²) < 4.78 is 89.2. The van der Waals surface area contributed by atoms with Crippen molar-refractivity contribution in [3.8, 4) is 17.4 Å². The minimum absolute atomic E-state index is 0. The monoisotopic (exact) mass is 781 g/mol. The van der Waals surface area contributed by atoms with Gasteiger partial charge in [-0.25, -0.2) is 4.98 Å². The number of rotatable bonds is 9. The molecule has 1 N–H and O–H groups in total. The van der Waals surface area contributed by atoms with E-state index in [1.807, 2.05) is 12.1 Å². The summed E-state index contributed by atoms with van der Waals surface area (Å²) in [5.41, 5.74) is 1.05. The maximum absolute atomic E-state index is 13.5. The number of nitrogens with one attached hydrogen (secondary N) is 1. The number of alkyl halides is 6. The van der Waals surface area contributed by atoms with E-state index in [0.717, 1.165) is 22.5 Å². The van der Waals surface area contributed by atoms with Gasteiger partial charge in [-0.05, 0) is 60.2 Å². The van der Waals surface area contributed by atoms with Crippen LogP contribution in [-0.4, -0.2) is 70.1 Å². The number of carbonyl (C=O) groups is 2. The number of carbonyl (C=O) groups excluding carboxylic acids is 2. The van der Waals surface area contributed by atoms with Gasteiger partial charge < -0.3 is 24.3 Å². The Morgan fingerprint density at radius 2 is 1.57 bits per heavy atom. The number of hydrogen-bond donors (Lipinski definition) is 1. The van der Waals surface area contributed by atoms with Gasteiger partial charge in [-0.15, -0.1) is 12.4 Å². The molecule has 17 heteroatoms. The van der Waals surface area contributed by atoms with Crippen molar-refractivity contribution in [1.82, 2.24) is 19.4 Å². The summed E-state index contributed by atoms with van der Waals surface area (Å²) in [7, 11) is 1.78. The van der Waals surface area contributed by atoms with Gasteiger partial charge in [-0.3, -0.25) is 14.5 Å². The first kappa shape index (κ1) is 39.2. The number of aromatic nitrogens is 2. The summed E-state index contributed by atoms with van der Waals surface area (Å²) in [6.45, 7) is 1.48. The largest absolute Gasteiger partial charge is 0.484 e. The van der Waals surface area contributed by atoms with Crippen molar-refractivity contribution >= 4 is 52.4 Å². The third-order valence-electron chi connectivity index (χ3n) is 8.38. The van der Waals surface area contributed by atoms with Crippen molar-refractivity contribution in [1.29, 1.82) is 0 Å². The second-order valence-electron chi connectivity index (χ2n) is 12.1. The maximum Gasteiger partial charge on any atom is 0.422 e. The molecule has 1 aliphatic rings. The highest BCUT2D eigenvalue weighted by Crippen LogP contribution is 2.35. The van der Waals surface area contributed by atoms with Gasteiger partial charge in [0.1, 0.15) is 17.2 Å². The number of nitrogens with zero attached hydrogens (tertiary/aromatic N) is 4. The molecule has 53 heavy (non-hydrogen) atoms. The first-order valence-electron chi connectivity index (χ1n) is 15.8. The standard InChI is InChI=1S/C36H30ClF6N5O4.ClH/c1-46-30-18-27(52-32-11-6-25(19-44-32)45-33(49)24-5-10-29(37)28(16-24)36(41,42)43)9-4-23(30)17-31(46)34(50)48-14-12-47(13-15-48)20-22-2-7-26(8-3-22)51-21-35(38,39)40;/h2-11,16-19H,12-15,20-21H2,1H3,(H,45,49);1H. The Balaban J connectivity index is 0.00000541. The van der Waals surface area contributed by atoms with Crippen LogP contribution in [0.1, 0.15) is 32.0 Å². The Hall–Kier alpha value is -4.99. The number of fused-ring (bicyclic) bond motifs is 1. The SMILES string of the molecule is Cl.Cn1c(C(=O)N2CCN(Cc3ccc(OCC(F)(F)F)cc3)CC2)cc2ccc(Oc3ccc(NC(=O)c4ccc(Cl)c(C(F)(F)F)c4)cn3)cc21. The van der Waals surface area contributed by atoms with Gasteiger partial charge in [-0.1, -0.05) is 23.7 Å². The van der Waals surface area contributed by atoms with E-state index in [4.69, 9.17) is 21.1 Å². The number of benzene rings is 3. The van der Waals surface area contributed by atoms with Crippen LogP contribution >= 0.6 is 24.0 Å². The van der Waals surface area contributed by atoms with Crippen molar-refractivity contribution in [2.45, 2.75) is 18.9 Å². The predicted octanol–water partition coefficient (Wildman–Crippen LogP) is 8.61. The van der Waals surface area contributed by atoms with Crippen LogP contribution in [-0.2, 0) is 19.8 Å². The quantitative estimate of drug-likeness (QED) is 0.151. The van der Waals surface area contributed by atoms with Crippen molar-refractivity contribution in [3.63, 3.8) is 0 Å². The molecule has 0 unspecified atom stereocenters. The van der Waals surface area contributed by atoms with E-state index in [0.29, 0.717) is 50.2 Å². The molecular weight excluding hydrogens is 751 g/mol. The second-order valence-corrected chi connectivity index (χ2v) is 12.5. The lowest BCUT2D eigenvalue weighted by atomic mass is 10.1. The van der Waals surface area contributed by atoms with Gasteiger partial charge in [-0.2, -0.15) is 26.3 Å². The summed E-state index contributed by atoms with van der Waals surface area (Å²) in [5, 5.41) is 2.81. The van der Waals surface area contributed by atoms with E-state index >= 15 is 0 Å². The summed E-state index contributed by atoms with van der Waals surface area (Å²) >= 11 is 5.64. The maximum atomic E-state index is 13.5. The molecule has 6 rings (SSSR count). The zero-order chi connectivity index (χ0) is 37.2. The number of hydrogen-bond acceptors (Lipinski definition) is 6. The third-order valence-corrected chi connectivity index (χ3v) is 8.71. The lowest BCUT2D eigenvalue weighted by Gasteiger charge is -2.34. The van der Waals surface area contributed by atoms with Crippen LogP contribution in [0, 0.1) is 0 Å². The number of ether oxygens (including phenoxy) is 2. The number of amides is 2. The number of halogens is 8. The van der Waals surface area contributed by atoms with Gasteiger partial charge in [0.15, 0.2) is 6.61 Å². The highest BCUT2D eigenvalue weighted by atomic mass is 35.5. The van der Waals surface area contributed by atoms with E-state index in [2.05, 4.69) is 15.2 Å². The number of anilines is 1. The number of piperazine rings is 1. The molecule has 1 fully saturated rings. The Kier molecular flexibility index (Phi) is 11.8. The van der Waals surface area contributed by atoms with Crippen LogP contribution in [0.3, 0.4) is 0 Å². The van der Waals surface area contributed by atoms with Crippen molar-refractivity contribution < 1.29 is 45.4 Å². The average molecular weight is 783 g/mol. The van der Waals surface area contributed by atoms with E-state index < -0.39 is 35.5 Å². The normalized spacial score (nSPS) is 13.8. The Labute approximate surface area is 310 Å². The fourth-order valence-corrected chi connectivity index (χ4v) is 5.91. The lowest BCUT2D eigenvalue weighted by Crippen LogP contribution is -2.48. The summed E-state index contributed by atoms with van der Waals surface area (Å²) in [5.74, 6) is -0.126. The smallest absolute Gasteiger partial charge is 0.422 e. The van der Waals surface area contributed by atoms with Gasteiger partial charge >= 0.3 is 12.4 Å². The lowest BCUT2D eigenvalue weighted by molar-refractivity contribution is -0.153. The fraction of sp³-hybridized carbons (Fsp3) is 0.250. The molecule has 3 heterocycles. The van der Waals surface area contributed by atoms with E-state index in [9.17, 15) is 35.9 Å². The Morgan fingerprint density at radius 3 is 2.21 bits per heavy atom. The van der Waals surface area contributed by atoms with Crippen LogP contribution in [0.2, 0.25) is 5.02 Å². The Morgan fingerprint density at radius 1 is 0.868 bits per heavy atom. The van der Waals surface area contributed by atoms with Gasteiger partial charge in [0.05, 0.1) is 28.0 Å². The first-order valence-corrected chi connectivity index (χ1v) is 16.2. The second kappa shape index (κ2) is 15.9. The molecule has 0 atom stereocenters. The molecule has 2 amide bonds. The topological polar surface area (TPSA) is 88.9 Å². The highest BCUT2D eigenvalue weighted by Gasteiger charge is 2.34. The number of pyridine rings is 1. The predicted molar refractivity (Wildman–Crippen MR) is 188 cm³/mol. The number of aryl methyl sites for hydroxylation is 1. The van der Waals surface area contributed by atoms with Gasteiger partial charge in [0.2, 0.25) is 5.88 Å². The molecule has 1 aliphatic heterocycles. The molecule has 0 aliphatic carbocycles. The van der Waals surface area contributed by atoms with Crippen LogP contribution in [0.15, 0.2) is 85.1 Å². The zero-order valence-electron chi connectivity index (χ0n) is 27.8. The molecule has 0 radical (unpaired) electrons. The molecule has 0 bridgehead atoms. The first-order chi connectivity index (χ1) is 24.6. The molecule has 0 saturated carbocycles. The summed E-state index contributed by atoms with van der Waals surface area (Å²) in [4.78, 5) is 34.3. The van der Waals surface area contributed by atoms with Crippen LogP contribution in [0.4, 0.5) is 32.0 Å². The minimum atomic E-state index is -4.71. The highest BCUT2D eigenvalue weighted by molar-refractivity contribution is 6.31. The van der Waals surface area contributed by atoms with Crippen molar-refractivity contribution in [2.24, 2.45) is 7.05 Å². The van der Waals surface area contributed by atoms with Crippen molar-refractivity contribution in [3.05, 3.63) is 112 Å². The molecule has 280 valence electrons. The molecule has 1 saturated heterocycles. The molecule has 0 spiro atoms. The van der Waals surface area contributed by atoms with E-state index in [1.165, 1.54) is 36.5 Å². The fourth-order valence-electron chi connectivity index (χ4n) is 5.69. The van der Waals surface area contributed by atoms with Crippen LogP contribution in [0.25, 0.3) is 10.9 Å². The van der Waals surface area contributed by atoms with Crippen LogP contribution in [0.5, 0.6) is 17.4 Å². The summed E-state index contributed by atoms with van der Waals surface area (Å²) in [6, 6.07) is 19.5. The van der Waals surface area contributed by atoms with Crippen molar-refractivity contribution in [2.75, 3.05) is 38.1 Å². The molecule has 2 aromatic heterocycles. The van der Waals surface area contributed by atoms with Gasteiger partial charge in [0, 0.05) is 62.9 Å². The van der Waals surface area contributed by atoms with Gasteiger partial charge in [0.25, 0.3) is 11.8 Å². The molecule has 3 aromatic carbocycles.